The van der Waals surface area contributed by atoms with Gasteiger partial charge in [-0.25, -0.2) is 0 Å². The summed E-state index contributed by atoms with van der Waals surface area (Å²) < 4.78 is 0. The number of phenols is 3. The second-order valence-corrected chi connectivity index (χ2v) is 5.63. The molecule has 24 heavy (non-hydrogen) atoms. The number of carbonyl (C=O) groups excluding carboxylic acids is 1. The number of rotatable bonds is 3. The van der Waals surface area contributed by atoms with Crippen molar-refractivity contribution in [3.8, 4) is 17.2 Å². The highest BCUT2D eigenvalue weighted by Crippen LogP contribution is 2.35. The molecule has 0 saturated carbocycles. The Labute approximate surface area is 138 Å². The molecule has 3 aromatic carbocycles. The van der Waals surface area contributed by atoms with E-state index in [0.717, 1.165) is 28.5 Å². The van der Waals surface area contributed by atoms with Crippen LogP contribution in [0, 0.1) is 0 Å². The fourth-order valence-electron chi connectivity index (χ4n) is 2.72. The molecule has 0 aromatic heterocycles. The van der Waals surface area contributed by atoms with Gasteiger partial charge in [-0.2, -0.15) is 0 Å². The van der Waals surface area contributed by atoms with E-state index in [0.29, 0.717) is 0 Å². The van der Waals surface area contributed by atoms with Gasteiger partial charge in [-0.1, -0.05) is 42.5 Å². The number of hydrogen-bond acceptors (Lipinski definition) is 4. The van der Waals surface area contributed by atoms with E-state index in [4.69, 9.17) is 0 Å². The lowest BCUT2D eigenvalue weighted by molar-refractivity contribution is 0.0939. The smallest absolute Gasteiger partial charge is 0.252 e. The third kappa shape index (κ3) is 2.84. The van der Waals surface area contributed by atoms with Crippen LogP contribution >= 0.6 is 0 Å². The quantitative estimate of drug-likeness (QED) is 0.556. The predicted molar refractivity (Wildman–Crippen MR) is 91.3 cm³/mol. The molecule has 0 bridgehead atoms. The van der Waals surface area contributed by atoms with Crippen LogP contribution in [0.5, 0.6) is 17.2 Å². The molecule has 0 fully saturated rings. The number of benzene rings is 3. The minimum atomic E-state index is -0.645. The lowest BCUT2D eigenvalue weighted by Gasteiger charge is -2.17. The van der Waals surface area contributed by atoms with Crippen molar-refractivity contribution in [1.29, 1.82) is 0 Å². The van der Waals surface area contributed by atoms with Crippen molar-refractivity contribution in [3.63, 3.8) is 0 Å². The number of amides is 1. The van der Waals surface area contributed by atoms with Crippen molar-refractivity contribution in [3.05, 3.63) is 65.7 Å². The summed E-state index contributed by atoms with van der Waals surface area (Å²) in [4.78, 5) is 12.4. The lowest BCUT2D eigenvalue weighted by atomic mass is 9.99. The highest BCUT2D eigenvalue weighted by atomic mass is 16.3. The Balaban J connectivity index is 1.89. The van der Waals surface area contributed by atoms with Crippen LogP contribution in [0.25, 0.3) is 10.8 Å². The maximum Gasteiger partial charge on any atom is 0.252 e. The Bertz CT molecular complexity index is 892. The summed E-state index contributed by atoms with van der Waals surface area (Å²) in [5, 5.41) is 33.4. The first-order chi connectivity index (χ1) is 11.5. The third-order valence-electron chi connectivity index (χ3n) is 3.97. The summed E-state index contributed by atoms with van der Waals surface area (Å²) in [6.45, 7) is 1.86. The summed E-state index contributed by atoms with van der Waals surface area (Å²) in [6.07, 6.45) is 0. The summed E-state index contributed by atoms with van der Waals surface area (Å²) in [6, 6.07) is 15.7. The van der Waals surface area contributed by atoms with Crippen LogP contribution < -0.4 is 5.32 Å². The van der Waals surface area contributed by atoms with Gasteiger partial charge >= 0.3 is 0 Å². The van der Waals surface area contributed by atoms with Gasteiger partial charge in [0.1, 0.15) is 0 Å². The SMILES string of the molecule is C[C@H](NC(=O)c1cc(O)c(O)c(O)c1)c1cccc2ccccc12. The molecular formula is C19H17NO4. The molecular weight excluding hydrogens is 306 g/mol. The van der Waals surface area contributed by atoms with Gasteiger partial charge in [0.05, 0.1) is 6.04 Å². The molecule has 3 rings (SSSR count). The van der Waals surface area contributed by atoms with Crippen molar-refractivity contribution in [1.82, 2.24) is 5.32 Å². The van der Waals surface area contributed by atoms with Crippen molar-refractivity contribution in [2.75, 3.05) is 0 Å². The number of aromatic hydroxyl groups is 3. The van der Waals surface area contributed by atoms with Gasteiger partial charge in [0.15, 0.2) is 17.2 Å². The minimum absolute atomic E-state index is 0.0647. The number of fused-ring (bicyclic) bond motifs is 1. The Morgan fingerprint density at radius 2 is 1.58 bits per heavy atom. The number of phenolic OH excluding ortho intramolecular Hbond substituents is 3. The van der Waals surface area contributed by atoms with E-state index < -0.39 is 23.2 Å². The molecule has 5 nitrogen and oxygen atoms in total. The van der Waals surface area contributed by atoms with E-state index in [9.17, 15) is 20.1 Å². The average molecular weight is 323 g/mol. The molecule has 0 aliphatic heterocycles. The second-order valence-electron chi connectivity index (χ2n) is 5.63. The first-order valence-corrected chi connectivity index (χ1v) is 7.51. The van der Waals surface area contributed by atoms with Gasteiger partial charge in [0.2, 0.25) is 0 Å². The molecule has 1 atom stereocenters. The number of nitrogens with one attached hydrogen (secondary N) is 1. The first kappa shape index (κ1) is 15.7. The zero-order valence-electron chi connectivity index (χ0n) is 13.0. The van der Waals surface area contributed by atoms with Gasteiger partial charge in [-0.3, -0.25) is 4.79 Å². The Morgan fingerprint density at radius 1 is 0.958 bits per heavy atom. The van der Waals surface area contributed by atoms with Crippen LogP contribution in [0.1, 0.15) is 28.9 Å². The highest BCUT2D eigenvalue weighted by Gasteiger charge is 2.17. The molecule has 0 radical (unpaired) electrons. The molecule has 0 aliphatic rings. The van der Waals surface area contributed by atoms with Crippen LogP contribution in [0.4, 0.5) is 0 Å². The van der Waals surface area contributed by atoms with Crippen LogP contribution in [0.3, 0.4) is 0 Å². The largest absolute Gasteiger partial charge is 0.504 e. The van der Waals surface area contributed by atoms with Crippen LogP contribution in [-0.2, 0) is 0 Å². The van der Waals surface area contributed by atoms with Crippen LogP contribution in [-0.4, -0.2) is 21.2 Å². The average Bonchev–Trinajstić information content (AvgIpc) is 2.58. The van der Waals surface area contributed by atoms with Gasteiger partial charge in [0, 0.05) is 5.56 Å². The van der Waals surface area contributed by atoms with E-state index in [1.807, 2.05) is 49.4 Å². The zero-order chi connectivity index (χ0) is 17.3. The highest BCUT2D eigenvalue weighted by molar-refractivity contribution is 5.96. The third-order valence-corrected chi connectivity index (χ3v) is 3.97. The Morgan fingerprint density at radius 3 is 2.29 bits per heavy atom. The summed E-state index contributed by atoms with van der Waals surface area (Å²) in [5.74, 6) is -2.19. The molecule has 5 heteroatoms. The summed E-state index contributed by atoms with van der Waals surface area (Å²) in [7, 11) is 0. The van der Waals surface area contributed by atoms with E-state index >= 15 is 0 Å². The van der Waals surface area contributed by atoms with E-state index in [1.54, 1.807) is 0 Å². The van der Waals surface area contributed by atoms with Crippen molar-refractivity contribution >= 4 is 16.7 Å². The first-order valence-electron chi connectivity index (χ1n) is 7.51. The summed E-state index contributed by atoms with van der Waals surface area (Å²) in [5.41, 5.74) is 1.03. The Kier molecular flexibility index (Phi) is 4.00. The molecule has 0 aliphatic carbocycles. The van der Waals surface area contributed by atoms with Crippen molar-refractivity contribution in [2.24, 2.45) is 0 Å². The standard InChI is InChI=1S/C19H17NO4/c1-11(14-8-4-6-12-5-2-3-7-15(12)14)20-19(24)13-9-16(21)18(23)17(22)10-13/h2-11,21-23H,1H3,(H,20,24)/t11-/m0/s1. The van der Waals surface area contributed by atoms with Gasteiger partial charge < -0.3 is 20.6 Å². The fraction of sp³-hybridized carbons (Fsp3) is 0.105. The zero-order valence-corrected chi connectivity index (χ0v) is 13.0. The monoisotopic (exact) mass is 323 g/mol. The van der Waals surface area contributed by atoms with Gasteiger partial charge in [-0.05, 0) is 35.4 Å². The topological polar surface area (TPSA) is 89.8 Å². The molecule has 0 heterocycles. The molecule has 0 unspecified atom stereocenters. The molecule has 4 N–H and O–H groups in total. The molecule has 0 spiro atoms. The van der Waals surface area contributed by atoms with Crippen molar-refractivity contribution in [2.45, 2.75) is 13.0 Å². The van der Waals surface area contributed by atoms with Gasteiger partial charge in [-0.15, -0.1) is 0 Å². The van der Waals surface area contributed by atoms with Crippen molar-refractivity contribution < 1.29 is 20.1 Å². The normalized spacial score (nSPS) is 12.0. The molecule has 3 aromatic rings. The summed E-state index contributed by atoms with van der Waals surface area (Å²) >= 11 is 0. The van der Waals surface area contributed by atoms with Gasteiger partial charge in [0.25, 0.3) is 5.91 Å². The predicted octanol–water partition coefficient (Wildman–Crippen LogP) is 3.45. The molecule has 0 saturated heterocycles. The number of carbonyl (C=O) groups is 1. The second kappa shape index (κ2) is 6.12. The molecule has 1 amide bonds. The van der Waals surface area contributed by atoms with E-state index in [2.05, 4.69) is 5.32 Å². The Hall–Kier alpha value is -3.21. The van der Waals surface area contributed by atoms with Crippen LogP contribution in [0.2, 0.25) is 0 Å². The molecule has 122 valence electrons. The van der Waals surface area contributed by atoms with E-state index in [1.165, 1.54) is 0 Å². The van der Waals surface area contributed by atoms with E-state index in [-0.39, 0.29) is 11.6 Å². The van der Waals surface area contributed by atoms with Crippen LogP contribution in [0.15, 0.2) is 54.6 Å². The number of hydrogen-bond donors (Lipinski definition) is 4. The maximum absolute atomic E-state index is 12.4. The maximum atomic E-state index is 12.4. The fourth-order valence-corrected chi connectivity index (χ4v) is 2.72. The minimum Gasteiger partial charge on any atom is -0.504 e. The lowest BCUT2D eigenvalue weighted by Crippen LogP contribution is -2.26.